The highest BCUT2D eigenvalue weighted by atomic mass is 32.1. The van der Waals surface area contributed by atoms with Crippen molar-refractivity contribution in [2.24, 2.45) is 22.7 Å². The van der Waals surface area contributed by atoms with E-state index in [0.717, 1.165) is 48.8 Å². The summed E-state index contributed by atoms with van der Waals surface area (Å²) in [5.74, 6) is 1.06. The first-order chi connectivity index (χ1) is 15.3. The van der Waals surface area contributed by atoms with Crippen molar-refractivity contribution in [3.63, 3.8) is 0 Å². The highest BCUT2D eigenvalue weighted by molar-refractivity contribution is 7.67. The Morgan fingerprint density at radius 3 is 2.56 bits per heavy atom. The van der Waals surface area contributed by atoms with Crippen molar-refractivity contribution in [2.45, 2.75) is 59.3 Å². The van der Waals surface area contributed by atoms with Gasteiger partial charge in [0.15, 0.2) is 11.6 Å². The first kappa shape index (κ1) is 21.5. The molecule has 1 aromatic rings. The van der Waals surface area contributed by atoms with Gasteiger partial charge in [0.1, 0.15) is 0 Å². The second kappa shape index (κ2) is 7.62. The van der Waals surface area contributed by atoms with Crippen molar-refractivity contribution in [3.05, 3.63) is 70.3 Å². The first-order valence-corrected chi connectivity index (χ1v) is 12.5. The molecule has 4 atom stereocenters. The summed E-state index contributed by atoms with van der Waals surface area (Å²) in [5.41, 5.74) is 5.24. The quantitative estimate of drug-likeness (QED) is 0.356. The molecule has 0 saturated heterocycles. The van der Waals surface area contributed by atoms with Gasteiger partial charge in [0.05, 0.1) is 16.1 Å². The second-order valence-electron chi connectivity index (χ2n) is 10.4. The number of rotatable bonds is 3. The Bertz CT molecular complexity index is 1160. The summed E-state index contributed by atoms with van der Waals surface area (Å²) in [6.45, 7) is 6.22. The van der Waals surface area contributed by atoms with Crippen molar-refractivity contribution in [2.75, 3.05) is 0 Å². The van der Waals surface area contributed by atoms with Gasteiger partial charge in [-0.05, 0) is 68.1 Å². The molecule has 1 aromatic carbocycles. The maximum absolute atomic E-state index is 13.0. The minimum Gasteiger partial charge on any atom is -0.295 e. The number of carbonyl (C=O) groups excluding carboxylic acids is 2. The van der Waals surface area contributed by atoms with Crippen molar-refractivity contribution < 1.29 is 13.8 Å². The lowest BCUT2D eigenvalue weighted by Crippen LogP contribution is -2.44. The van der Waals surface area contributed by atoms with E-state index in [9.17, 15) is 13.8 Å². The smallest absolute Gasteiger partial charge is 0.156 e. The fourth-order valence-corrected chi connectivity index (χ4v) is 7.75. The Morgan fingerprint density at radius 2 is 1.88 bits per heavy atom. The fraction of sp³-hybridized carbons (Fsp3) is 0.464. The summed E-state index contributed by atoms with van der Waals surface area (Å²) in [4.78, 5) is 25.8. The van der Waals surface area contributed by atoms with Gasteiger partial charge in [-0.1, -0.05) is 61.4 Å². The zero-order valence-electron chi connectivity index (χ0n) is 19.1. The van der Waals surface area contributed by atoms with Crippen LogP contribution in [0.15, 0.2) is 64.8 Å². The molecule has 5 rings (SSSR count). The summed E-state index contributed by atoms with van der Waals surface area (Å²) in [6.07, 6.45) is 9.38. The van der Waals surface area contributed by atoms with Crippen LogP contribution in [-0.2, 0) is 20.8 Å². The van der Waals surface area contributed by atoms with E-state index in [4.69, 9.17) is 0 Å². The third-order valence-electron chi connectivity index (χ3n) is 8.77. The normalized spacial score (nSPS) is 33.5. The molecule has 0 bridgehead atoms. The molecule has 4 heteroatoms. The molecule has 166 valence electrons. The van der Waals surface area contributed by atoms with Crippen LogP contribution in [0.2, 0.25) is 0 Å². The van der Waals surface area contributed by atoms with Crippen LogP contribution in [0.4, 0.5) is 0 Å². The van der Waals surface area contributed by atoms with Gasteiger partial charge in [0.2, 0.25) is 0 Å². The molecule has 1 saturated carbocycles. The average Bonchev–Trinajstić information content (AvgIpc) is 3.08. The van der Waals surface area contributed by atoms with Crippen molar-refractivity contribution in [1.29, 1.82) is 0 Å². The average molecular weight is 447 g/mol. The molecule has 0 unspecified atom stereocenters. The Kier molecular flexibility index (Phi) is 5.12. The van der Waals surface area contributed by atoms with E-state index in [0.29, 0.717) is 34.4 Å². The molecular formula is C28H30O3S. The van der Waals surface area contributed by atoms with Crippen LogP contribution in [0, 0.1) is 22.7 Å². The van der Waals surface area contributed by atoms with Gasteiger partial charge in [0.25, 0.3) is 0 Å². The van der Waals surface area contributed by atoms with Crippen LogP contribution in [0.1, 0.15) is 64.9 Å². The molecule has 1 fully saturated rings. The lowest BCUT2D eigenvalue weighted by atomic mass is 9.51. The summed E-state index contributed by atoms with van der Waals surface area (Å²) in [6, 6.07) is 9.78. The van der Waals surface area contributed by atoms with E-state index in [1.54, 1.807) is 6.92 Å². The van der Waals surface area contributed by atoms with Gasteiger partial charge < -0.3 is 0 Å². The lowest BCUT2D eigenvalue weighted by molar-refractivity contribution is -0.116. The van der Waals surface area contributed by atoms with E-state index in [1.165, 1.54) is 11.1 Å². The predicted molar refractivity (Wildman–Crippen MR) is 128 cm³/mol. The molecule has 4 aliphatic rings. The minimum atomic E-state index is -0.243. The first-order valence-electron chi connectivity index (χ1n) is 11.7. The summed E-state index contributed by atoms with van der Waals surface area (Å²) < 4.78 is 12.3. The zero-order chi connectivity index (χ0) is 22.7. The second-order valence-corrected chi connectivity index (χ2v) is 11.0. The number of ketones is 2. The Morgan fingerprint density at radius 1 is 1.12 bits per heavy atom. The van der Waals surface area contributed by atoms with Gasteiger partial charge in [-0.25, -0.2) is 4.21 Å². The largest absolute Gasteiger partial charge is 0.295 e. The SMILES string of the molecule is CC(=O)C1=C(C(=S=O)c2ccccc2)C[C@H]2[C@@H]3CCC4=CC(=O)CC[C@]4(C)C3=CC[C@]12C. The number of fused-ring (bicyclic) bond motifs is 5. The molecule has 4 aliphatic carbocycles. The highest BCUT2D eigenvalue weighted by Crippen LogP contribution is 2.64. The highest BCUT2D eigenvalue weighted by Gasteiger charge is 2.56. The third-order valence-corrected chi connectivity index (χ3v) is 9.42. The van der Waals surface area contributed by atoms with E-state index in [-0.39, 0.29) is 22.4 Å². The van der Waals surface area contributed by atoms with Crippen LogP contribution >= 0.6 is 0 Å². The summed E-state index contributed by atoms with van der Waals surface area (Å²) >= 11 is 0.526. The lowest BCUT2D eigenvalue weighted by Gasteiger charge is -2.53. The van der Waals surface area contributed by atoms with Gasteiger partial charge in [-0.15, -0.1) is 0 Å². The Hall–Kier alpha value is -2.33. The maximum atomic E-state index is 13.0. The molecule has 0 amide bonds. The van der Waals surface area contributed by atoms with Crippen LogP contribution in [0.5, 0.6) is 0 Å². The number of carbonyl (C=O) groups is 2. The molecule has 0 spiro atoms. The molecule has 3 nitrogen and oxygen atoms in total. The Labute approximate surface area is 193 Å². The Balaban J connectivity index is 1.59. The number of hydrogen-bond acceptors (Lipinski definition) is 3. The number of hydrogen-bond donors (Lipinski definition) is 0. The molecule has 0 aliphatic heterocycles. The summed E-state index contributed by atoms with van der Waals surface area (Å²) in [5, 5.41) is 0. The van der Waals surface area contributed by atoms with E-state index >= 15 is 0 Å². The van der Waals surface area contributed by atoms with E-state index < -0.39 is 0 Å². The minimum absolute atomic E-state index is 0.0312. The van der Waals surface area contributed by atoms with E-state index in [2.05, 4.69) is 19.9 Å². The van der Waals surface area contributed by atoms with E-state index in [1.807, 2.05) is 36.4 Å². The fourth-order valence-electron chi connectivity index (χ4n) is 7.23. The van der Waals surface area contributed by atoms with Crippen LogP contribution in [-0.4, -0.2) is 20.6 Å². The molecule has 0 aromatic heterocycles. The van der Waals surface area contributed by atoms with Gasteiger partial charge in [-0.3, -0.25) is 9.59 Å². The molecule has 32 heavy (non-hydrogen) atoms. The van der Waals surface area contributed by atoms with Gasteiger partial charge >= 0.3 is 0 Å². The van der Waals surface area contributed by atoms with Crippen LogP contribution < -0.4 is 0 Å². The van der Waals surface area contributed by atoms with Crippen LogP contribution in [0.25, 0.3) is 0 Å². The zero-order valence-corrected chi connectivity index (χ0v) is 19.9. The number of Topliss-reactive ketones (excluding diaryl/α,β-unsaturated/α-hetero) is 1. The number of allylic oxidation sites excluding steroid dienone is 6. The predicted octanol–water partition coefficient (Wildman–Crippen LogP) is 5.37. The standard InChI is InChI=1S/C28H30O3S/c1-17(29)25-22(26(32-31)18-7-5-4-6-8-18)16-24-21-10-9-19-15-20(30)11-13-27(19,2)23(21)12-14-28(24,25)3/h4-8,12,15,21,24H,9-11,13-14,16H2,1-3H3/t21-,24+,27+,28+/m1/s1. The summed E-state index contributed by atoms with van der Waals surface area (Å²) in [7, 11) is 0. The third kappa shape index (κ3) is 3.02. The molecule has 0 N–H and O–H groups in total. The van der Waals surface area contributed by atoms with Crippen LogP contribution in [0.3, 0.4) is 0 Å². The van der Waals surface area contributed by atoms with Crippen molar-refractivity contribution in [1.82, 2.24) is 0 Å². The van der Waals surface area contributed by atoms with Gasteiger partial charge in [0, 0.05) is 22.8 Å². The molecular weight excluding hydrogens is 416 g/mol. The maximum Gasteiger partial charge on any atom is 0.156 e. The van der Waals surface area contributed by atoms with Gasteiger partial charge in [-0.2, -0.15) is 0 Å². The molecule has 0 radical (unpaired) electrons. The monoisotopic (exact) mass is 446 g/mol. The topological polar surface area (TPSA) is 51.2 Å². The van der Waals surface area contributed by atoms with Crippen molar-refractivity contribution in [3.8, 4) is 0 Å². The molecule has 0 heterocycles. The number of benzene rings is 1. The van der Waals surface area contributed by atoms with Crippen molar-refractivity contribution >= 4 is 27.7 Å².